The molecule has 0 aliphatic rings. The molecular weight excluding hydrogens is 252 g/mol. The molecule has 0 saturated carbocycles. The minimum absolute atomic E-state index is 0.538. The lowest BCUT2D eigenvalue weighted by Crippen LogP contribution is -2.03. The molecule has 4 nitrogen and oxygen atoms in total. The highest BCUT2D eigenvalue weighted by molar-refractivity contribution is 6.31. The fourth-order valence-electron chi connectivity index (χ4n) is 1.99. The van der Waals surface area contributed by atoms with Gasteiger partial charge in [0.1, 0.15) is 5.75 Å². The Morgan fingerprint density at radius 1 is 1.44 bits per heavy atom. The first kappa shape index (κ1) is 12.9. The zero-order valence-electron chi connectivity index (χ0n) is 10.4. The highest BCUT2D eigenvalue weighted by Crippen LogP contribution is 2.37. The van der Waals surface area contributed by atoms with E-state index in [0.717, 1.165) is 22.4 Å². The van der Waals surface area contributed by atoms with Crippen molar-refractivity contribution in [2.45, 2.75) is 13.3 Å². The number of benzene rings is 1. The number of aryl methyl sites for hydroxylation is 1. The number of methoxy groups -OCH3 is 1. The fourth-order valence-corrected chi connectivity index (χ4v) is 2.26. The van der Waals surface area contributed by atoms with Crippen LogP contribution in [-0.4, -0.2) is 18.8 Å². The van der Waals surface area contributed by atoms with Crippen LogP contribution in [0.5, 0.6) is 5.75 Å². The van der Waals surface area contributed by atoms with Crippen LogP contribution in [0.15, 0.2) is 22.9 Å². The average molecular weight is 267 g/mol. The van der Waals surface area contributed by atoms with Crippen LogP contribution in [0.25, 0.3) is 11.3 Å². The third kappa shape index (κ3) is 2.35. The van der Waals surface area contributed by atoms with E-state index in [-0.39, 0.29) is 0 Å². The molecule has 0 aliphatic carbocycles. The zero-order valence-corrected chi connectivity index (χ0v) is 11.1. The summed E-state index contributed by atoms with van der Waals surface area (Å²) in [5, 5.41) is 4.46. The number of halogens is 1. The second-order valence-corrected chi connectivity index (χ2v) is 4.46. The molecule has 0 spiro atoms. The Morgan fingerprint density at radius 2 is 2.22 bits per heavy atom. The van der Waals surface area contributed by atoms with Crippen LogP contribution < -0.4 is 10.5 Å². The number of ether oxygens (including phenoxy) is 1. The molecule has 2 rings (SSSR count). The van der Waals surface area contributed by atoms with Crippen LogP contribution in [0.1, 0.15) is 11.1 Å². The normalized spacial score (nSPS) is 10.7. The Balaban J connectivity index is 2.58. The van der Waals surface area contributed by atoms with Crippen LogP contribution in [-0.2, 0) is 6.42 Å². The molecule has 2 aromatic rings. The van der Waals surface area contributed by atoms with Gasteiger partial charge in [0, 0.05) is 10.6 Å². The smallest absolute Gasteiger partial charge is 0.173 e. The van der Waals surface area contributed by atoms with Gasteiger partial charge in [0.05, 0.1) is 18.9 Å². The van der Waals surface area contributed by atoms with E-state index in [9.17, 15) is 0 Å². The Morgan fingerprint density at radius 3 is 2.89 bits per heavy atom. The molecule has 18 heavy (non-hydrogen) atoms. The van der Waals surface area contributed by atoms with E-state index < -0.39 is 0 Å². The molecule has 0 unspecified atom stereocenters. The van der Waals surface area contributed by atoms with E-state index in [0.29, 0.717) is 23.7 Å². The molecular formula is C13H15ClN2O2. The molecule has 0 amide bonds. The van der Waals surface area contributed by atoms with Crippen molar-refractivity contribution < 1.29 is 9.26 Å². The monoisotopic (exact) mass is 266 g/mol. The Bertz CT molecular complexity index is 552. The van der Waals surface area contributed by atoms with Crippen LogP contribution in [0, 0.1) is 6.92 Å². The molecule has 2 N–H and O–H groups in total. The molecule has 0 atom stereocenters. The summed E-state index contributed by atoms with van der Waals surface area (Å²) in [6.45, 7) is 2.48. The fraction of sp³-hybridized carbons (Fsp3) is 0.308. The van der Waals surface area contributed by atoms with Gasteiger partial charge >= 0.3 is 0 Å². The first-order chi connectivity index (χ1) is 8.67. The predicted molar refractivity (Wildman–Crippen MR) is 71.0 cm³/mol. The highest BCUT2D eigenvalue weighted by atomic mass is 35.5. The van der Waals surface area contributed by atoms with Gasteiger partial charge in [-0.2, -0.15) is 0 Å². The van der Waals surface area contributed by atoms with E-state index >= 15 is 0 Å². The van der Waals surface area contributed by atoms with Gasteiger partial charge in [0.15, 0.2) is 5.76 Å². The summed E-state index contributed by atoms with van der Waals surface area (Å²) in [7, 11) is 1.62. The first-order valence-corrected chi connectivity index (χ1v) is 6.03. The number of aromatic nitrogens is 1. The maximum Gasteiger partial charge on any atom is 0.173 e. The third-order valence-corrected chi connectivity index (χ3v) is 2.96. The molecule has 0 saturated heterocycles. The van der Waals surface area contributed by atoms with E-state index in [2.05, 4.69) is 5.16 Å². The van der Waals surface area contributed by atoms with Crippen molar-refractivity contribution in [2.75, 3.05) is 13.7 Å². The molecule has 0 aliphatic heterocycles. The van der Waals surface area contributed by atoms with Crippen LogP contribution in [0.3, 0.4) is 0 Å². The maximum atomic E-state index is 6.08. The van der Waals surface area contributed by atoms with Crippen molar-refractivity contribution in [2.24, 2.45) is 5.73 Å². The van der Waals surface area contributed by atoms with Gasteiger partial charge in [0.25, 0.3) is 0 Å². The van der Waals surface area contributed by atoms with Gasteiger partial charge in [-0.05, 0) is 37.6 Å². The number of nitrogens with zero attached hydrogens (tertiary/aromatic N) is 1. The third-order valence-electron chi connectivity index (χ3n) is 2.75. The second kappa shape index (κ2) is 5.42. The summed E-state index contributed by atoms with van der Waals surface area (Å²) in [6, 6.07) is 3.66. The van der Waals surface area contributed by atoms with Crippen molar-refractivity contribution in [1.82, 2.24) is 5.16 Å². The lowest BCUT2D eigenvalue weighted by molar-refractivity contribution is 0.403. The van der Waals surface area contributed by atoms with Crippen molar-refractivity contribution in [3.05, 3.63) is 34.5 Å². The van der Waals surface area contributed by atoms with E-state index in [1.165, 1.54) is 0 Å². The van der Waals surface area contributed by atoms with Crippen molar-refractivity contribution in [1.29, 1.82) is 0 Å². The standard InChI is InChI=1S/C13H15ClN2O2/c1-8-5-10(14)6-11(12(8)17-2)13-9(3-4-15)7-16-18-13/h5-7H,3-4,15H2,1-2H3. The average Bonchev–Trinajstić information content (AvgIpc) is 2.76. The topological polar surface area (TPSA) is 61.3 Å². The summed E-state index contributed by atoms with van der Waals surface area (Å²) < 4.78 is 10.7. The zero-order chi connectivity index (χ0) is 13.1. The van der Waals surface area contributed by atoms with Crippen molar-refractivity contribution in [3.63, 3.8) is 0 Å². The highest BCUT2D eigenvalue weighted by Gasteiger charge is 2.17. The molecule has 0 radical (unpaired) electrons. The van der Waals surface area contributed by atoms with E-state index in [1.807, 2.05) is 19.1 Å². The van der Waals surface area contributed by atoms with Gasteiger partial charge in [-0.3, -0.25) is 0 Å². The Kier molecular flexibility index (Phi) is 3.89. The van der Waals surface area contributed by atoms with E-state index in [4.69, 9.17) is 26.6 Å². The van der Waals surface area contributed by atoms with Crippen molar-refractivity contribution in [3.8, 4) is 17.1 Å². The van der Waals surface area contributed by atoms with Crippen LogP contribution >= 0.6 is 11.6 Å². The molecule has 0 bridgehead atoms. The summed E-state index contributed by atoms with van der Waals surface area (Å²) >= 11 is 6.08. The minimum atomic E-state index is 0.538. The minimum Gasteiger partial charge on any atom is -0.496 e. The largest absolute Gasteiger partial charge is 0.496 e. The number of rotatable bonds is 4. The Hall–Kier alpha value is -1.52. The van der Waals surface area contributed by atoms with Gasteiger partial charge < -0.3 is 15.0 Å². The number of hydrogen-bond donors (Lipinski definition) is 1. The maximum absolute atomic E-state index is 6.08. The van der Waals surface area contributed by atoms with Gasteiger partial charge in [-0.25, -0.2) is 0 Å². The summed E-state index contributed by atoms with van der Waals surface area (Å²) in [6.07, 6.45) is 2.38. The Labute approximate surface area is 111 Å². The number of nitrogens with two attached hydrogens (primary N) is 1. The van der Waals surface area contributed by atoms with E-state index in [1.54, 1.807) is 13.3 Å². The summed E-state index contributed by atoms with van der Waals surface area (Å²) in [5.74, 6) is 1.41. The molecule has 96 valence electrons. The second-order valence-electron chi connectivity index (χ2n) is 4.02. The lowest BCUT2D eigenvalue weighted by Gasteiger charge is -2.11. The van der Waals surface area contributed by atoms with Crippen LogP contribution in [0.2, 0.25) is 5.02 Å². The lowest BCUT2D eigenvalue weighted by atomic mass is 10.0. The molecule has 0 fully saturated rings. The predicted octanol–water partition coefficient (Wildman–Crippen LogP) is 2.81. The first-order valence-electron chi connectivity index (χ1n) is 5.65. The van der Waals surface area contributed by atoms with Crippen molar-refractivity contribution >= 4 is 11.6 Å². The summed E-state index contributed by atoms with van der Waals surface area (Å²) in [5.41, 5.74) is 8.29. The molecule has 1 aromatic carbocycles. The molecule has 1 heterocycles. The van der Waals surface area contributed by atoms with Crippen LogP contribution in [0.4, 0.5) is 0 Å². The number of hydrogen-bond acceptors (Lipinski definition) is 4. The van der Waals surface area contributed by atoms with Gasteiger partial charge in [0.2, 0.25) is 0 Å². The SMILES string of the molecule is COc1c(C)cc(Cl)cc1-c1oncc1CCN. The quantitative estimate of drug-likeness (QED) is 0.924. The molecule has 1 aromatic heterocycles. The summed E-state index contributed by atoms with van der Waals surface area (Å²) in [4.78, 5) is 0. The molecule has 5 heteroatoms. The van der Waals surface area contributed by atoms with Gasteiger partial charge in [-0.15, -0.1) is 0 Å². The van der Waals surface area contributed by atoms with Gasteiger partial charge in [-0.1, -0.05) is 16.8 Å².